The zero-order valence-electron chi connectivity index (χ0n) is 14.8. The molecule has 0 amide bonds. The molecule has 3 aromatic rings. The van der Waals surface area contributed by atoms with Gasteiger partial charge in [0.05, 0.1) is 30.3 Å². The summed E-state index contributed by atoms with van der Waals surface area (Å²) < 4.78 is 7.28. The molecule has 0 bridgehead atoms. The smallest absolute Gasteiger partial charge is 0.267 e. The van der Waals surface area contributed by atoms with Gasteiger partial charge in [0, 0.05) is 12.3 Å². The minimum Gasteiger partial charge on any atom is -0.377 e. The lowest BCUT2D eigenvalue weighted by molar-refractivity contribution is 0.182. The molecule has 2 unspecified atom stereocenters. The van der Waals surface area contributed by atoms with Gasteiger partial charge in [-0.2, -0.15) is 5.10 Å². The van der Waals surface area contributed by atoms with Crippen molar-refractivity contribution in [3.8, 4) is 0 Å². The standard InChI is InChI=1S/C19H20N6O2/c26-17-8-12-4-1-2-6-14(12)24-25(17)16-10-27-9-15(16)23-19-13-5-3-7-20-18(13)21-11-22-19/h3,5,7-8,11,15-16H,1-2,4,6,9-10H2,(H,20,21,22,23). The molecule has 1 aliphatic carbocycles. The van der Waals surface area contributed by atoms with Gasteiger partial charge in [0.2, 0.25) is 0 Å². The molecule has 138 valence electrons. The average Bonchev–Trinajstić information content (AvgIpc) is 3.15. The minimum absolute atomic E-state index is 0.0628. The summed E-state index contributed by atoms with van der Waals surface area (Å²) in [4.78, 5) is 25.5. The Morgan fingerprint density at radius 1 is 1.15 bits per heavy atom. The summed E-state index contributed by atoms with van der Waals surface area (Å²) in [7, 11) is 0. The molecular formula is C19H20N6O2. The van der Waals surface area contributed by atoms with Gasteiger partial charge in [-0.25, -0.2) is 19.6 Å². The van der Waals surface area contributed by atoms with Crippen LogP contribution in [0.2, 0.25) is 0 Å². The minimum atomic E-state index is -0.175. The van der Waals surface area contributed by atoms with Crippen LogP contribution in [0.3, 0.4) is 0 Å². The number of aromatic nitrogens is 5. The Balaban J connectivity index is 1.48. The summed E-state index contributed by atoms with van der Waals surface area (Å²) in [6.45, 7) is 0.937. The first-order valence-electron chi connectivity index (χ1n) is 9.31. The van der Waals surface area contributed by atoms with E-state index in [0.29, 0.717) is 24.7 Å². The van der Waals surface area contributed by atoms with Crippen LogP contribution in [0.4, 0.5) is 5.82 Å². The normalized spacial score (nSPS) is 21.9. The molecule has 4 heterocycles. The van der Waals surface area contributed by atoms with E-state index in [4.69, 9.17) is 4.74 Å². The van der Waals surface area contributed by atoms with Crippen LogP contribution in [0.15, 0.2) is 35.5 Å². The van der Waals surface area contributed by atoms with Gasteiger partial charge in [-0.15, -0.1) is 0 Å². The first-order chi connectivity index (χ1) is 13.3. The molecule has 5 rings (SSSR count). The van der Waals surface area contributed by atoms with Crippen molar-refractivity contribution >= 4 is 16.9 Å². The Morgan fingerprint density at radius 2 is 2.07 bits per heavy atom. The Kier molecular flexibility index (Phi) is 4.05. The maximum atomic E-state index is 12.7. The van der Waals surface area contributed by atoms with Crippen molar-refractivity contribution in [3.05, 3.63) is 52.3 Å². The molecule has 2 atom stereocenters. The van der Waals surface area contributed by atoms with Gasteiger partial charge in [-0.05, 0) is 43.4 Å². The van der Waals surface area contributed by atoms with Crippen LogP contribution in [0, 0.1) is 0 Å². The average molecular weight is 364 g/mol. The fraction of sp³-hybridized carbons (Fsp3) is 0.421. The molecule has 3 aromatic heterocycles. The number of hydrogen-bond acceptors (Lipinski definition) is 7. The monoisotopic (exact) mass is 364 g/mol. The number of nitrogens with zero attached hydrogens (tertiary/aromatic N) is 5. The Labute approximate surface area is 155 Å². The third-order valence-corrected chi connectivity index (χ3v) is 5.33. The molecule has 1 aliphatic heterocycles. The van der Waals surface area contributed by atoms with Crippen LogP contribution in [0.5, 0.6) is 0 Å². The number of hydrogen-bond donors (Lipinski definition) is 1. The van der Waals surface area contributed by atoms with Crippen molar-refractivity contribution in [2.45, 2.75) is 37.8 Å². The number of nitrogens with one attached hydrogen (secondary N) is 1. The largest absolute Gasteiger partial charge is 0.377 e. The molecule has 1 saturated heterocycles. The highest BCUT2D eigenvalue weighted by atomic mass is 16.5. The van der Waals surface area contributed by atoms with E-state index in [9.17, 15) is 4.79 Å². The van der Waals surface area contributed by atoms with Crippen molar-refractivity contribution in [1.29, 1.82) is 0 Å². The molecule has 1 N–H and O–H groups in total. The number of ether oxygens (including phenoxy) is 1. The van der Waals surface area contributed by atoms with E-state index < -0.39 is 0 Å². The number of rotatable bonds is 3. The van der Waals surface area contributed by atoms with Gasteiger partial charge in [0.15, 0.2) is 5.65 Å². The summed E-state index contributed by atoms with van der Waals surface area (Å²) in [5, 5.41) is 8.96. The second-order valence-electron chi connectivity index (χ2n) is 7.06. The van der Waals surface area contributed by atoms with Crippen LogP contribution in [0.25, 0.3) is 11.0 Å². The van der Waals surface area contributed by atoms with Crippen molar-refractivity contribution in [1.82, 2.24) is 24.7 Å². The molecule has 0 saturated carbocycles. The van der Waals surface area contributed by atoms with Gasteiger partial charge in [0.25, 0.3) is 5.56 Å². The molecule has 0 radical (unpaired) electrons. The fourth-order valence-corrected chi connectivity index (χ4v) is 3.92. The highest BCUT2D eigenvalue weighted by molar-refractivity contribution is 5.85. The lowest BCUT2D eigenvalue weighted by Crippen LogP contribution is -2.38. The fourth-order valence-electron chi connectivity index (χ4n) is 3.92. The molecule has 27 heavy (non-hydrogen) atoms. The molecule has 0 spiro atoms. The Bertz CT molecular complexity index is 1040. The first-order valence-corrected chi connectivity index (χ1v) is 9.31. The van der Waals surface area contributed by atoms with Crippen LogP contribution < -0.4 is 10.9 Å². The summed E-state index contributed by atoms with van der Waals surface area (Å²) in [6, 6.07) is 5.26. The molecule has 2 aliphatic rings. The van der Waals surface area contributed by atoms with E-state index in [1.807, 2.05) is 12.1 Å². The Morgan fingerprint density at radius 3 is 3.04 bits per heavy atom. The van der Waals surface area contributed by atoms with E-state index in [-0.39, 0.29) is 17.6 Å². The van der Waals surface area contributed by atoms with E-state index in [1.54, 1.807) is 16.9 Å². The number of fused-ring (bicyclic) bond motifs is 2. The molecule has 8 nitrogen and oxygen atoms in total. The maximum Gasteiger partial charge on any atom is 0.267 e. The van der Waals surface area contributed by atoms with Crippen LogP contribution >= 0.6 is 0 Å². The van der Waals surface area contributed by atoms with Crippen LogP contribution in [0.1, 0.15) is 30.1 Å². The zero-order valence-corrected chi connectivity index (χ0v) is 14.8. The SMILES string of the molecule is O=c1cc2c(nn1C1COCC1Nc1ncnc3ncccc13)CCCC2. The lowest BCUT2D eigenvalue weighted by Gasteiger charge is -2.23. The van der Waals surface area contributed by atoms with Gasteiger partial charge in [-0.1, -0.05) is 0 Å². The molecule has 0 aromatic carbocycles. The maximum absolute atomic E-state index is 12.7. The molecule has 1 fully saturated rings. The van der Waals surface area contributed by atoms with Crippen molar-refractivity contribution in [3.63, 3.8) is 0 Å². The Hall–Kier alpha value is -2.87. The van der Waals surface area contributed by atoms with Crippen LogP contribution in [-0.2, 0) is 17.6 Å². The van der Waals surface area contributed by atoms with Gasteiger partial charge >= 0.3 is 0 Å². The lowest BCUT2D eigenvalue weighted by atomic mass is 9.97. The molecule has 8 heteroatoms. The summed E-state index contributed by atoms with van der Waals surface area (Å²) in [5.41, 5.74) is 2.71. The number of pyridine rings is 1. The van der Waals surface area contributed by atoms with E-state index in [2.05, 4.69) is 25.4 Å². The van der Waals surface area contributed by atoms with E-state index >= 15 is 0 Å². The first kappa shape index (κ1) is 16.3. The predicted molar refractivity (Wildman–Crippen MR) is 99.7 cm³/mol. The molecular weight excluding hydrogens is 344 g/mol. The van der Waals surface area contributed by atoms with E-state index in [0.717, 1.165) is 42.3 Å². The third kappa shape index (κ3) is 2.95. The van der Waals surface area contributed by atoms with Gasteiger partial charge in [0.1, 0.15) is 18.2 Å². The summed E-state index contributed by atoms with van der Waals surface area (Å²) in [6.07, 6.45) is 7.33. The quantitative estimate of drug-likeness (QED) is 0.753. The third-order valence-electron chi connectivity index (χ3n) is 5.33. The highest BCUT2D eigenvalue weighted by Gasteiger charge is 2.32. The second-order valence-corrected chi connectivity index (χ2v) is 7.06. The van der Waals surface area contributed by atoms with E-state index in [1.165, 1.54) is 6.33 Å². The highest BCUT2D eigenvalue weighted by Crippen LogP contribution is 2.25. The number of anilines is 1. The summed E-state index contributed by atoms with van der Waals surface area (Å²) in [5.74, 6) is 0.694. The van der Waals surface area contributed by atoms with Crippen molar-refractivity contribution in [2.75, 3.05) is 18.5 Å². The number of aryl methyl sites for hydroxylation is 2. The second kappa shape index (κ2) is 6.70. The van der Waals surface area contributed by atoms with Gasteiger partial charge in [-0.3, -0.25) is 4.79 Å². The van der Waals surface area contributed by atoms with Gasteiger partial charge < -0.3 is 10.1 Å². The topological polar surface area (TPSA) is 94.8 Å². The van der Waals surface area contributed by atoms with Crippen molar-refractivity contribution in [2.24, 2.45) is 0 Å². The summed E-state index contributed by atoms with van der Waals surface area (Å²) >= 11 is 0. The zero-order chi connectivity index (χ0) is 18.2. The van der Waals surface area contributed by atoms with Crippen molar-refractivity contribution < 1.29 is 4.74 Å². The predicted octanol–water partition coefficient (Wildman–Crippen LogP) is 1.51. The van der Waals surface area contributed by atoms with Crippen LogP contribution in [-0.4, -0.2) is 44.0 Å².